The second-order valence-electron chi connectivity index (χ2n) is 5.30. The van der Waals surface area contributed by atoms with E-state index in [1.165, 1.54) is 0 Å². The lowest BCUT2D eigenvalue weighted by atomic mass is 10.1. The first-order chi connectivity index (χ1) is 10.5. The van der Waals surface area contributed by atoms with Crippen molar-refractivity contribution in [2.45, 2.75) is 26.8 Å². The van der Waals surface area contributed by atoms with Gasteiger partial charge in [-0.25, -0.2) is 0 Å². The van der Waals surface area contributed by atoms with Crippen molar-refractivity contribution < 1.29 is 9.53 Å². The highest BCUT2D eigenvalue weighted by atomic mass is 79.9. The van der Waals surface area contributed by atoms with Crippen molar-refractivity contribution in [3.8, 4) is 11.3 Å². The average molecular weight is 365 g/mol. The van der Waals surface area contributed by atoms with Crippen LogP contribution in [0.5, 0.6) is 0 Å². The summed E-state index contributed by atoms with van der Waals surface area (Å²) in [6.45, 7) is 5.38. The zero-order chi connectivity index (χ0) is 16.3. The Kier molecular flexibility index (Phi) is 5.42. The van der Waals surface area contributed by atoms with Gasteiger partial charge < -0.3 is 15.0 Å². The number of primary amides is 1. The number of rotatable bonds is 6. The molecule has 0 radical (unpaired) electrons. The van der Waals surface area contributed by atoms with Crippen molar-refractivity contribution in [3.63, 3.8) is 0 Å². The van der Waals surface area contributed by atoms with Crippen LogP contribution in [0.2, 0.25) is 0 Å². The molecule has 1 aromatic carbocycles. The van der Waals surface area contributed by atoms with Gasteiger partial charge >= 0.3 is 0 Å². The number of benzene rings is 1. The number of carbonyl (C=O) groups excluding carboxylic acids is 1. The summed E-state index contributed by atoms with van der Waals surface area (Å²) in [5.41, 5.74) is 10.2. The number of methoxy groups -OCH3 is 1. The van der Waals surface area contributed by atoms with Crippen LogP contribution in [0.4, 0.5) is 0 Å². The summed E-state index contributed by atoms with van der Waals surface area (Å²) in [6, 6.07) is 8.09. The minimum atomic E-state index is -0.376. The van der Waals surface area contributed by atoms with E-state index in [-0.39, 0.29) is 5.91 Å². The van der Waals surface area contributed by atoms with Crippen LogP contribution in [0.25, 0.3) is 11.3 Å². The van der Waals surface area contributed by atoms with E-state index in [2.05, 4.69) is 20.5 Å². The van der Waals surface area contributed by atoms with Crippen LogP contribution < -0.4 is 5.73 Å². The van der Waals surface area contributed by atoms with Crippen molar-refractivity contribution >= 4 is 21.8 Å². The lowest BCUT2D eigenvalue weighted by Gasteiger charge is -2.12. The van der Waals surface area contributed by atoms with E-state index in [0.717, 1.165) is 40.0 Å². The largest absolute Gasteiger partial charge is 0.385 e. The molecule has 2 aromatic rings. The second kappa shape index (κ2) is 7.11. The Morgan fingerprint density at radius 3 is 2.45 bits per heavy atom. The molecular weight excluding hydrogens is 344 g/mol. The monoisotopic (exact) mass is 364 g/mol. The van der Waals surface area contributed by atoms with E-state index >= 15 is 0 Å². The molecule has 0 fully saturated rings. The Balaban J connectivity index is 2.56. The number of aromatic nitrogens is 1. The van der Waals surface area contributed by atoms with Gasteiger partial charge in [0, 0.05) is 30.4 Å². The Bertz CT molecular complexity index is 675. The van der Waals surface area contributed by atoms with Gasteiger partial charge in [0.2, 0.25) is 0 Å². The van der Waals surface area contributed by atoms with Gasteiger partial charge in [0.25, 0.3) is 5.91 Å². The molecule has 0 atom stereocenters. The number of ether oxygens (including phenoxy) is 1. The third kappa shape index (κ3) is 3.25. The van der Waals surface area contributed by atoms with Crippen LogP contribution in [0, 0.1) is 13.8 Å². The molecule has 1 amide bonds. The van der Waals surface area contributed by atoms with E-state index in [0.29, 0.717) is 12.2 Å². The molecule has 0 aliphatic rings. The fourth-order valence-electron chi connectivity index (χ4n) is 2.88. The molecule has 0 saturated carbocycles. The average Bonchev–Trinajstić information content (AvgIpc) is 2.71. The van der Waals surface area contributed by atoms with Crippen molar-refractivity contribution in [1.29, 1.82) is 0 Å². The van der Waals surface area contributed by atoms with Crippen LogP contribution in [0.3, 0.4) is 0 Å². The van der Waals surface area contributed by atoms with Crippen LogP contribution in [0.1, 0.15) is 28.0 Å². The SMILES string of the molecule is COCCCn1c(C)c(C(N)=O)c(C)c1-c1ccc(Br)cc1. The highest BCUT2D eigenvalue weighted by molar-refractivity contribution is 9.10. The minimum Gasteiger partial charge on any atom is -0.385 e. The number of amides is 1. The minimum absolute atomic E-state index is 0.376. The normalized spacial score (nSPS) is 10.9. The molecule has 5 heteroatoms. The second-order valence-corrected chi connectivity index (χ2v) is 6.22. The Morgan fingerprint density at radius 2 is 1.91 bits per heavy atom. The van der Waals surface area contributed by atoms with Gasteiger partial charge in [-0.15, -0.1) is 0 Å². The molecule has 118 valence electrons. The molecule has 0 unspecified atom stereocenters. The number of hydrogen-bond donors (Lipinski definition) is 1. The molecule has 0 spiro atoms. The highest BCUT2D eigenvalue weighted by Crippen LogP contribution is 2.32. The van der Waals surface area contributed by atoms with Crippen LogP contribution in [-0.4, -0.2) is 24.2 Å². The zero-order valence-electron chi connectivity index (χ0n) is 13.1. The van der Waals surface area contributed by atoms with E-state index < -0.39 is 0 Å². The maximum Gasteiger partial charge on any atom is 0.250 e. The van der Waals surface area contributed by atoms with Gasteiger partial charge in [0.1, 0.15) is 0 Å². The van der Waals surface area contributed by atoms with Gasteiger partial charge in [-0.05, 0) is 43.5 Å². The summed E-state index contributed by atoms with van der Waals surface area (Å²) in [5, 5.41) is 0. The van der Waals surface area contributed by atoms with E-state index in [9.17, 15) is 4.79 Å². The summed E-state index contributed by atoms with van der Waals surface area (Å²) in [5.74, 6) is -0.376. The molecule has 1 aromatic heterocycles. The van der Waals surface area contributed by atoms with Crippen LogP contribution in [0.15, 0.2) is 28.7 Å². The zero-order valence-corrected chi connectivity index (χ0v) is 14.7. The summed E-state index contributed by atoms with van der Waals surface area (Å²) < 4.78 is 8.33. The summed E-state index contributed by atoms with van der Waals surface area (Å²) in [7, 11) is 1.69. The van der Waals surface area contributed by atoms with Crippen LogP contribution >= 0.6 is 15.9 Å². The van der Waals surface area contributed by atoms with E-state index in [1.54, 1.807) is 7.11 Å². The first-order valence-electron chi connectivity index (χ1n) is 7.21. The first kappa shape index (κ1) is 16.8. The molecule has 4 nitrogen and oxygen atoms in total. The topological polar surface area (TPSA) is 57.2 Å². The summed E-state index contributed by atoms with van der Waals surface area (Å²) in [4.78, 5) is 11.8. The molecule has 2 N–H and O–H groups in total. The number of hydrogen-bond acceptors (Lipinski definition) is 2. The lowest BCUT2D eigenvalue weighted by Crippen LogP contribution is -2.13. The van der Waals surface area contributed by atoms with Crippen molar-refractivity contribution in [2.75, 3.05) is 13.7 Å². The number of nitrogens with zero attached hydrogens (tertiary/aromatic N) is 1. The molecule has 1 heterocycles. The van der Waals surface area contributed by atoms with Gasteiger partial charge in [-0.1, -0.05) is 28.1 Å². The van der Waals surface area contributed by atoms with Crippen molar-refractivity contribution in [3.05, 3.63) is 45.6 Å². The van der Waals surface area contributed by atoms with Crippen LogP contribution in [-0.2, 0) is 11.3 Å². The molecule has 22 heavy (non-hydrogen) atoms. The maximum atomic E-state index is 11.8. The predicted octanol–water partition coefficient (Wildman–Crippen LogP) is 3.67. The summed E-state index contributed by atoms with van der Waals surface area (Å²) >= 11 is 3.45. The first-order valence-corrected chi connectivity index (χ1v) is 8.01. The lowest BCUT2D eigenvalue weighted by molar-refractivity contribution is 0.0999. The molecule has 2 rings (SSSR count). The number of halogens is 1. The fraction of sp³-hybridized carbons (Fsp3) is 0.353. The van der Waals surface area contributed by atoms with E-state index in [1.807, 2.05) is 38.1 Å². The summed E-state index contributed by atoms with van der Waals surface area (Å²) in [6.07, 6.45) is 0.882. The third-order valence-electron chi connectivity index (χ3n) is 3.86. The predicted molar refractivity (Wildman–Crippen MR) is 92.1 cm³/mol. The number of carbonyl (C=O) groups is 1. The van der Waals surface area contributed by atoms with Gasteiger partial charge in [0.05, 0.1) is 11.3 Å². The molecule has 0 bridgehead atoms. The molecule has 0 aliphatic carbocycles. The number of nitrogens with two attached hydrogens (primary N) is 1. The van der Waals surface area contributed by atoms with Gasteiger partial charge in [-0.3, -0.25) is 4.79 Å². The fourth-order valence-corrected chi connectivity index (χ4v) is 3.15. The van der Waals surface area contributed by atoms with Gasteiger partial charge in [0.15, 0.2) is 0 Å². The third-order valence-corrected chi connectivity index (χ3v) is 4.39. The standard InChI is InChI=1S/C17H21BrN2O2/c1-11-15(17(19)21)12(2)20(9-4-10-22-3)16(11)13-5-7-14(18)8-6-13/h5-8H,4,9-10H2,1-3H3,(H2,19,21). The van der Waals surface area contributed by atoms with Crippen molar-refractivity contribution in [2.24, 2.45) is 5.73 Å². The molecule has 0 aliphatic heterocycles. The Morgan fingerprint density at radius 1 is 1.27 bits per heavy atom. The smallest absolute Gasteiger partial charge is 0.250 e. The highest BCUT2D eigenvalue weighted by Gasteiger charge is 2.21. The van der Waals surface area contributed by atoms with Crippen molar-refractivity contribution in [1.82, 2.24) is 4.57 Å². The van der Waals surface area contributed by atoms with E-state index in [4.69, 9.17) is 10.5 Å². The molecule has 0 saturated heterocycles. The quantitative estimate of drug-likeness (QED) is 0.794. The molecular formula is C17H21BrN2O2. The maximum absolute atomic E-state index is 11.8. The van der Waals surface area contributed by atoms with Gasteiger partial charge in [-0.2, -0.15) is 0 Å². The Labute approximate surface area is 139 Å². The Hall–Kier alpha value is -1.59.